The minimum Gasteiger partial charge on any atom is -0.507 e. The van der Waals surface area contributed by atoms with E-state index in [1.807, 2.05) is 146 Å². The van der Waals surface area contributed by atoms with Crippen LogP contribution in [-0.2, 0) is 0 Å². The number of nitrogens with zero attached hydrogens (tertiary/aromatic N) is 4. The third kappa shape index (κ3) is 10.5. The smallest absolute Gasteiger partial charge is 0.258 e. The number of hydrogen-bond acceptors (Lipinski definition) is 8. The number of rotatable bonds is 12. The Morgan fingerprint density at radius 1 is 0.275 bits per heavy atom. The summed E-state index contributed by atoms with van der Waals surface area (Å²) in [5, 5.41) is 51.3. The molecular weight excluding hydrogens is 1360 g/mol. The normalized spacial score (nSPS) is 16.7. The van der Waals surface area contributed by atoms with Gasteiger partial charge in [0.15, 0.2) is 0 Å². The van der Waals surface area contributed by atoms with Crippen molar-refractivity contribution in [3.05, 3.63) is 275 Å². The van der Waals surface area contributed by atoms with Crippen LogP contribution in [0.1, 0.15) is 87.4 Å². The van der Waals surface area contributed by atoms with Gasteiger partial charge in [0, 0.05) is 141 Å². The van der Waals surface area contributed by atoms with Crippen molar-refractivity contribution < 1.29 is 39.6 Å². The molecule has 0 unspecified atom stereocenters. The van der Waals surface area contributed by atoms with Crippen LogP contribution in [0.4, 0.5) is 22.7 Å². The predicted octanol–water partition coefficient (Wildman–Crippen LogP) is 19.7. The SMILES string of the molecule is O=C(c1ccc(-c2cc(-c3ccc(C(=O)N4C[C@@H](CCl)c5c4cc(O)c4ccccc54)cc3)c(-c3ccc(C(=O)N4C[C@@H](CCl)c5c4cc(O)c4ccccc54)cc3)cc2-c2ccc(C(=O)N3C[C@@H](CCl)c4c3cc(O)c3ccccc43)cc2)cc1)N1C[C@@H](CCl)c2c1cc(O)c1ccccc21. The minimum atomic E-state index is -0.264. The van der Waals surface area contributed by atoms with E-state index in [4.69, 9.17) is 46.4 Å². The lowest BCUT2D eigenvalue weighted by molar-refractivity contribution is 0.0980. The molecule has 0 saturated carbocycles. The number of carbonyl (C=O) groups is 4. The second-order valence-electron chi connectivity index (χ2n) is 26.8. The molecule has 16 heteroatoms. The lowest BCUT2D eigenvalue weighted by Crippen LogP contribution is -2.30. The van der Waals surface area contributed by atoms with Crippen molar-refractivity contribution in [3.63, 3.8) is 0 Å². The number of aromatic hydroxyl groups is 4. The molecule has 0 aliphatic carbocycles. The molecule has 4 aliphatic rings. The van der Waals surface area contributed by atoms with Crippen LogP contribution in [0.15, 0.2) is 231 Å². The van der Waals surface area contributed by atoms with Crippen LogP contribution in [0, 0.1) is 0 Å². The lowest BCUT2D eigenvalue weighted by atomic mass is 9.85. The third-order valence-corrected chi connectivity index (χ3v) is 22.7. The fourth-order valence-corrected chi connectivity index (χ4v) is 17.3. The van der Waals surface area contributed by atoms with E-state index in [-0.39, 0.29) is 93.8 Å². The number of anilines is 4. The topological polar surface area (TPSA) is 162 Å². The summed E-state index contributed by atoms with van der Waals surface area (Å²) in [6.07, 6.45) is 0. The molecule has 13 aromatic rings. The van der Waals surface area contributed by atoms with Crippen molar-refractivity contribution in [1.29, 1.82) is 0 Å². The number of halogens is 4. The Hall–Kier alpha value is -10.9. The van der Waals surface area contributed by atoms with Crippen molar-refractivity contribution in [3.8, 4) is 67.5 Å². The summed E-state index contributed by atoms with van der Waals surface area (Å²) in [4.78, 5) is 66.5. The first-order chi connectivity index (χ1) is 49.7. The molecule has 12 nitrogen and oxygen atoms in total. The molecule has 0 spiro atoms. The predicted molar refractivity (Wildman–Crippen MR) is 411 cm³/mol. The van der Waals surface area contributed by atoms with E-state index in [9.17, 15) is 39.6 Å². The van der Waals surface area contributed by atoms with Crippen molar-refractivity contribution in [2.75, 3.05) is 69.3 Å². The van der Waals surface area contributed by atoms with E-state index in [0.29, 0.717) is 92.7 Å². The lowest BCUT2D eigenvalue weighted by Gasteiger charge is -2.21. The molecule has 502 valence electrons. The average molecular weight is 1420 g/mol. The first-order valence-corrected chi connectivity index (χ1v) is 36.0. The van der Waals surface area contributed by atoms with Gasteiger partial charge in [0.05, 0.1) is 22.7 Å². The van der Waals surface area contributed by atoms with E-state index >= 15 is 0 Å². The van der Waals surface area contributed by atoms with Crippen molar-refractivity contribution in [2.45, 2.75) is 23.7 Å². The van der Waals surface area contributed by atoms with E-state index in [1.54, 1.807) is 92.4 Å². The molecule has 17 rings (SSSR count). The zero-order valence-corrected chi connectivity index (χ0v) is 57.7. The van der Waals surface area contributed by atoms with Crippen molar-refractivity contribution in [2.24, 2.45) is 0 Å². The van der Waals surface area contributed by atoms with E-state index < -0.39 is 0 Å². The van der Waals surface area contributed by atoms with E-state index in [1.165, 1.54) is 0 Å². The van der Waals surface area contributed by atoms with Crippen LogP contribution in [-0.4, -0.2) is 93.8 Å². The molecule has 4 N–H and O–H groups in total. The summed E-state index contributed by atoms with van der Waals surface area (Å²) in [5.41, 5.74) is 13.7. The molecule has 0 fully saturated rings. The number of phenolic OH excluding ortho intramolecular Hbond substituents is 4. The van der Waals surface area contributed by atoms with Gasteiger partial charge in [-0.2, -0.15) is 0 Å². The first kappa shape index (κ1) is 64.5. The maximum Gasteiger partial charge on any atom is 0.258 e. The molecule has 4 heterocycles. The van der Waals surface area contributed by atoms with Crippen molar-refractivity contribution >= 4 is 136 Å². The molecule has 102 heavy (non-hydrogen) atoms. The number of phenols is 4. The second kappa shape index (κ2) is 25.6. The summed E-state index contributed by atoms with van der Waals surface area (Å²) < 4.78 is 0. The number of hydrogen-bond donors (Lipinski definition) is 4. The van der Waals surface area contributed by atoms with Crippen LogP contribution in [0.25, 0.3) is 87.6 Å². The molecule has 0 aromatic heterocycles. The van der Waals surface area contributed by atoms with Crippen molar-refractivity contribution in [1.82, 2.24) is 0 Å². The quantitative estimate of drug-likeness (QED) is 0.0879. The summed E-state index contributed by atoms with van der Waals surface area (Å²) in [7, 11) is 0. The molecule has 13 aromatic carbocycles. The third-order valence-electron chi connectivity index (χ3n) is 21.2. The van der Waals surface area contributed by atoms with Crippen LogP contribution in [0.3, 0.4) is 0 Å². The number of alkyl halides is 4. The van der Waals surface area contributed by atoms with Gasteiger partial charge >= 0.3 is 0 Å². The highest BCUT2D eigenvalue weighted by Gasteiger charge is 2.40. The average Bonchev–Trinajstić information content (AvgIpc) is 1.50. The fraction of sp³-hybridized carbons (Fsp3) is 0.140. The van der Waals surface area contributed by atoms with Gasteiger partial charge < -0.3 is 40.0 Å². The van der Waals surface area contributed by atoms with Gasteiger partial charge in [-0.3, -0.25) is 19.2 Å². The Labute approximate surface area is 607 Å². The highest BCUT2D eigenvalue weighted by atomic mass is 35.5. The molecule has 0 saturated heterocycles. The minimum absolute atomic E-state index is 0.0653. The van der Waals surface area contributed by atoms with Gasteiger partial charge in [-0.25, -0.2) is 0 Å². The number of benzene rings is 13. The van der Waals surface area contributed by atoms with E-state index in [0.717, 1.165) is 88.3 Å². The Balaban J connectivity index is 0.791. The highest BCUT2D eigenvalue weighted by Crippen LogP contribution is 2.52. The summed E-state index contributed by atoms with van der Waals surface area (Å²) in [5.74, 6) is -0.447. The Bertz CT molecular complexity index is 4980. The maximum atomic E-state index is 14.9. The first-order valence-electron chi connectivity index (χ1n) is 33.8. The molecule has 0 bridgehead atoms. The van der Waals surface area contributed by atoms with Gasteiger partial charge in [-0.1, -0.05) is 146 Å². The summed E-state index contributed by atoms with van der Waals surface area (Å²) in [6.45, 7) is 1.28. The second-order valence-corrected chi connectivity index (χ2v) is 28.1. The molecule has 4 atom stereocenters. The standard InChI is InChI=1S/C86H62Cl4N4O8/c87-39-55-43-91(71-35-75(95)59-9-1-5-13-63(59)79(55)71)83(99)51-25-17-47(18-26-51)67-33-69(49-21-29-53(30-22-49)85(101)93-45-57(41-89)81-65-15-7-3-11-61(65)77(97)37-73(81)93)70(50-23-31-54(32-24-50)86(102)94-46-58(42-90)82-66-16-8-4-12-62(66)78(98)38-74(82)94)34-68(67)48-19-27-52(28-20-48)84(100)92-44-56(40-88)80-64-14-6-2-10-60(64)76(96)36-72(80)92/h1-38,55-58,95-98H,39-46H2/t55-,56-,57-,58-/m1/s1. The van der Waals surface area contributed by atoms with Crippen LogP contribution in [0.5, 0.6) is 23.0 Å². The van der Waals surface area contributed by atoms with Gasteiger partial charge in [0.2, 0.25) is 0 Å². The van der Waals surface area contributed by atoms with Crippen LogP contribution < -0.4 is 19.6 Å². The Morgan fingerprint density at radius 2 is 0.461 bits per heavy atom. The molecular formula is C86H62Cl4N4O8. The zero-order chi connectivity index (χ0) is 69.9. The molecule has 0 radical (unpaired) electrons. The monoisotopic (exact) mass is 1420 g/mol. The van der Waals surface area contributed by atoms with Gasteiger partial charge in [0.1, 0.15) is 23.0 Å². The summed E-state index contributed by atoms with van der Waals surface area (Å²) in [6, 6.07) is 70.9. The van der Waals surface area contributed by atoms with Crippen LogP contribution in [0.2, 0.25) is 0 Å². The van der Waals surface area contributed by atoms with Gasteiger partial charge in [-0.05, 0) is 149 Å². The largest absolute Gasteiger partial charge is 0.507 e. The maximum absolute atomic E-state index is 14.9. The Morgan fingerprint density at radius 3 is 0.647 bits per heavy atom. The van der Waals surface area contributed by atoms with Crippen LogP contribution >= 0.6 is 46.4 Å². The molecule has 4 aliphatic heterocycles. The zero-order valence-electron chi connectivity index (χ0n) is 54.6. The van der Waals surface area contributed by atoms with E-state index in [2.05, 4.69) is 12.1 Å². The number of fused-ring (bicyclic) bond motifs is 12. The fourth-order valence-electron chi connectivity index (χ4n) is 16.3. The van der Waals surface area contributed by atoms with Gasteiger partial charge in [-0.15, -0.1) is 46.4 Å². The highest BCUT2D eigenvalue weighted by molar-refractivity contribution is 6.22. The number of amides is 4. The van der Waals surface area contributed by atoms with Gasteiger partial charge in [0.25, 0.3) is 23.6 Å². The number of carbonyl (C=O) groups excluding carboxylic acids is 4. The Kier molecular flexibility index (Phi) is 16.2. The summed E-state index contributed by atoms with van der Waals surface area (Å²) >= 11 is 26.6. The molecule has 4 amide bonds.